The molecule has 0 saturated carbocycles. The molecule has 0 aliphatic rings. The Morgan fingerprint density at radius 2 is 1.45 bits per heavy atom. The van der Waals surface area contributed by atoms with Crippen molar-refractivity contribution in [1.82, 2.24) is 0 Å². The normalized spacial score (nSPS) is 16.7. The van der Waals surface area contributed by atoms with E-state index in [9.17, 15) is 14.0 Å². The molecule has 0 amide bonds. The zero-order valence-electron chi connectivity index (χ0n) is 5.28. The predicted octanol–water partition coefficient (Wildman–Crippen LogP) is -4.51. The van der Waals surface area contributed by atoms with Crippen LogP contribution in [-0.4, -0.2) is 14.7 Å². The van der Waals surface area contributed by atoms with Crippen LogP contribution in [0.3, 0.4) is 0 Å². The zero-order valence-corrected chi connectivity index (χ0v) is 10.2. The molecule has 3 N–H and O–H groups in total. The summed E-state index contributed by atoms with van der Waals surface area (Å²) in [7, 11) is -10.2. The molecular weight excluding hydrogens is 229 g/mol. The first-order chi connectivity index (χ1) is 4.21. The molecule has 62 valence electrons. The maximum absolute atomic E-state index is 9.65. The number of hydrogen-bond donors (Lipinski definition) is 3. The first kappa shape index (κ1) is 15.3. The van der Waals surface area contributed by atoms with Gasteiger partial charge in [-0.1, -0.05) is 0 Å². The summed E-state index contributed by atoms with van der Waals surface area (Å²) < 4.78 is 25.0. The monoisotopic (exact) mass is 232 g/mol. The fourth-order valence-electron chi connectivity index (χ4n) is 0.0855. The number of phosphoric acid groups is 2. The Morgan fingerprint density at radius 1 is 1.09 bits per heavy atom. The van der Waals surface area contributed by atoms with Gasteiger partial charge in [-0.25, -0.2) is 4.57 Å². The van der Waals surface area contributed by atoms with E-state index in [2.05, 4.69) is 9.35 Å². The van der Waals surface area contributed by atoms with Crippen molar-refractivity contribution in [2.75, 3.05) is 0 Å². The summed E-state index contributed by atoms with van der Waals surface area (Å²) in [4.78, 5) is 32.8. The summed E-state index contributed by atoms with van der Waals surface area (Å²) >= 11 is 0. The second-order valence-electron chi connectivity index (χ2n) is 1.11. The first-order valence-corrected chi connectivity index (χ1v) is 4.71. The Hall–Kier alpha value is 1.86. The smallest absolute Gasteiger partial charge is 0.755 e. The van der Waals surface area contributed by atoms with Gasteiger partial charge in [0, 0.05) is 0 Å². The van der Waals surface area contributed by atoms with Crippen molar-refractivity contribution in [2.45, 2.75) is 0 Å². The molecule has 1 atom stereocenters. The maximum atomic E-state index is 9.65. The molecular formula is H3KO8P2. The topological polar surface area (TPSA) is 136 Å². The zero-order chi connectivity index (χ0) is 8.41. The predicted molar refractivity (Wildman–Crippen MR) is 24.0 cm³/mol. The van der Waals surface area contributed by atoms with Crippen molar-refractivity contribution in [1.29, 1.82) is 0 Å². The molecule has 11 heteroatoms. The number of rotatable bonds is 3. The first-order valence-electron chi connectivity index (χ1n) is 1.68. The fraction of sp³-hybridized carbons (Fsp3) is 0. The summed E-state index contributed by atoms with van der Waals surface area (Å²) in [6, 6.07) is 0. The van der Waals surface area contributed by atoms with Crippen LogP contribution in [0.15, 0.2) is 0 Å². The third kappa shape index (κ3) is 14.7. The molecule has 0 radical (unpaired) electrons. The summed E-state index contributed by atoms with van der Waals surface area (Å²) in [5.74, 6) is 0. The largest absolute Gasteiger partial charge is 1.00 e. The Labute approximate surface area is 104 Å². The molecule has 0 aromatic rings. The Bertz CT molecular complexity index is 162. The van der Waals surface area contributed by atoms with Gasteiger partial charge >= 0.3 is 59.2 Å². The van der Waals surface area contributed by atoms with Crippen LogP contribution in [0.4, 0.5) is 0 Å². The second kappa shape index (κ2) is 5.56. The van der Waals surface area contributed by atoms with Crippen LogP contribution in [0.25, 0.3) is 0 Å². The molecule has 0 aromatic heterocycles. The van der Waals surface area contributed by atoms with Gasteiger partial charge in [0.1, 0.15) is 0 Å². The van der Waals surface area contributed by atoms with Gasteiger partial charge in [-0.2, -0.15) is 4.67 Å². The van der Waals surface area contributed by atoms with Gasteiger partial charge in [0.2, 0.25) is 0 Å². The van der Waals surface area contributed by atoms with Gasteiger partial charge in [-0.05, 0) is 0 Å². The van der Waals surface area contributed by atoms with E-state index in [1.165, 1.54) is 0 Å². The third-order valence-electron chi connectivity index (χ3n) is 0.225. The van der Waals surface area contributed by atoms with Crippen LogP contribution in [0.2, 0.25) is 0 Å². The number of hydrogen-bond acceptors (Lipinski definition) is 5. The minimum absolute atomic E-state index is 0. The molecule has 1 unspecified atom stereocenters. The van der Waals surface area contributed by atoms with Crippen molar-refractivity contribution < 1.29 is 89.4 Å². The van der Waals surface area contributed by atoms with Gasteiger partial charge in [0.25, 0.3) is 7.82 Å². The van der Waals surface area contributed by atoms with Crippen molar-refractivity contribution in [2.24, 2.45) is 0 Å². The van der Waals surface area contributed by atoms with E-state index in [1.54, 1.807) is 0 Å². The average Bonchev–Trinajstić information content (AvgIpc) is 1.57. The molecule has 8 nitrogen and oxygen atoms in total. The summed E-state index contributed by atoms with van der Waals surface area (Å²) in [6.07, 6.45) is 0. The standard InChI is InChI=1S/K.H4O8P2/c;1-9(2,3)7-8-10(4,5)6/h;(H2,1,2,3)(H2,4,5,6)/q+1;/p-1. The SMILES string of the molecule is O=P([O-])(O)OOP(=O)(O)O.[K+]. The third-order valence-corrected chi connectivity index (χ3v) is 0.874. The molecule has 0 bridgehead atoms. The molecule has 0 saturated heterocycles. The molecule has 0 spiro atoms. The van der Waals surface area contributed by atoms with Crippen LogP contribution in [0.1, 0.15) is 0 Å². The van der Waals surface area contributed by atoms with E-state index in [0.29, 0.717) is 0 Å². The Balaban J connectivity index is 0. The summed E-state index contributed by atoms with van der Waals surface area (Å²) in [6.45, 7) is 0. The molecule has 11 heavy (non-hydrogen) atoms. The van der Waals surface area contributed by atoms with E-state index in [1.807, 2.05) is 0 Å². The summed E-state index contributed by atoms with van der Waals surface area (Å²) in [5, 5.41) is 0. The maximum Gasteiger partial charge on any atom is 1.00 e. The van der Waals surface area contributed by atoms with Crippen LogP contribution in [-0.2, 0) is 18.5 Å². The molecule has 0 fully saturated rings. The molecule has 0 aliphatic carbocycles. The van der Waals surface area contributed by atoms with Crippen LogP contribution in [0.5, 0.6) is 0 Å². The average molecular weight is 232 g/mol. The van der Waals surface area contributed by atoms with Crippen molar-refractivity contribution in [3.63, 3.8) is 0 Å². The van der Waals surface area contributed by atoms with E-state index in [0.717, 1.165) is 0 Å². The molecule has 0 aliphatic heterocycles. The van der Waals surface area contributed by atoms with E-state index in [-0.39, 0.29) is 51.4 Å². The van der Waals surface area contributed by atoms with Gasteiger partial charge in [-0.15, -0.1) is 4.67 Å². The van der Waals surface area contributed by atoms with Crippen LogP contribution < -0.4 is 56.3 Å². The Kier molecular flexibility index (Phi) is 7.75. The van der Waals surface area contributed by atoms with Crippen LogP contribution in [0, 0.1) is 0 Å². The van der Waals surface area contributed by atoms with E-state index in [4.69, 9.17) is 14.7 Å². The van der Waals surface area contributed by atoms with Gasteiger partial charge in [0.15, 0.2) is 0 Å². The minimum atomic E-state index is -5.23. The van der Waals surface area contributed by atoms with Gasteiger partial charge < -0.3 is 19.6 Å². The molecule has 0 aromatic carbocycles. The quantitative estimate of drug-likeness (QED) is 0.191. The van der Waals surface area contributed by atoms with Crippen molar-refractivity contribution >= 4 is 15.6 Å². The van der Waals surface area contributed by atoms with Crippen LogP contribution >= 0.6 is 15.6 Å². The molecule has 0 rings (SSSR count). The summed E-state index contributed by atoms with van der Waals surface area (Å²) in [5.41, 5.74) is 0. The van der Waals surface area contributed by atoms with E-state index < -0.39 is 15.6 Å². The van der Waals surface area contributed by atoms with Crippen molar-refractivity contribution in [3.05, 3.63) is 0 Å². The minimum Gasteiger partial charge on any atom is -0.755 e. The Morgan fingerprint density at radius 3 is 1.55 bits per heavy atom. The van der Waals surface area contributed by atoms with Crippen molar-refractivity contribution in [3.8, 4) is 0 Å². The fourth-order valence-corrected chi connectivity index (χ4v) is 0.770. The van der Waals surface area contributed by atoms with Gasteiger partial charge in [-0.3, -0.25) is 4.57 Å². The molecule has 0 heterocycles. The van der Waals surface area contributed by atoms with E-state index >= 15 is 0 Å². The second-order valence-corrected chi connectivity index (χ2v) is 3.32. The van der Waals surface area contributed by atoms with Gasteiger partial charge in [0.05, 0.1) is 0 Å².